The second-order valence-corrected chi connectivity index (χ2v) is 9.20. The molecule has 1 N–H and O–H groups in total. The van der Waals surface area contributed by atoms with E-state index >= 15 is 0 Å². The lowest BCUT2D eigenvalue weighted by molar-refractivity contribution is -0.136. The number of anilines is 1. The smallest absolute Gasteiger partial charge is 0.262 e. The molecule has 180 valence electrons. The normalized spacial score (nSPS) is 14.6. The zero-order valence-corrected chi connectivity index (χ0v) is 20.4. The zero-order chi connectivity index (χ0) is 24.2. The number of nitrogens with one attached hydrogen (secondary N) is 1. The summed E-state index contributed by atoms with van der Waals surface area (Å²) >= 11 is 0. The van der Waals surface area contributed by atoms with Crippen molar-refractivity contribution in [2.75, 3.05) is 38.1 Å². The number of carbonyl (C=O) groups excluding carboxylic acids is 2. The van der Waals surface area contributed by atoms with Gasteiger partial charge in [0.2, 0.25) is 5.91 Å². The quantitative estimate of drug-likeness (QED) is 0.582. The molecule has 0 unspecified atom stereocenters. The molecule has 0 atom stereocenters. The summed E-state index contributed by atoms with van der Waals surface area (Å²) in [5.41, 5.74) is 3.68. The van der Waals surface area contributed by atoms with E-state index in [1.807, 2.05) is 75.2 Å². The molecule has 0 bridgehead atoms. The van der Waals surface area contributed by atoms with Gasteiger partial charge in [0, 0.05) is 44.8 Å². The molecule has 0 spiro atoms. The molecule has 4 rings (SSSR count). The summed E-state index contributed by atoms with van der Waals surface area (Å²) in [6.07, 6.45) is 0. The third-order valence-corrected chi connectivity index (χ3v) is 6.19. The van der Waals surface area contributed by atoms with Crippen molar-refractivity contribution < 1.29 is 14.3 Å². The summed E-state index contributed by atoms with van der Waals surface area (Å²) in [5, 5.41) is 2.89. The fourth-order valence-electron chi connectivity index (χ4n) is 4.14. The van der Waals surface area contributed by atoms with Crippen LogP contribution in [0.3, 0.4) is 0 Å². The van der Waals surface area contributed by atoms with Crippen LogP contribution in [0.1, 0.15) is 25.2 Å². The van der Waals surface area contributed by atoms with Crippen LogP contribution in [-0.2, 0) is 23.2 Å². The first kappa shape index (κ1) is 23.8. The predicted molar refractivity (Wildman–Crippen MR) is 133 cm³/mol. The van der Waals surface area contributed by atoms with Crippen molar-refractivity contribution in [3.8, 4) is 5.75 Å². The molecule has 2 amide bonds. The van der Waals surface area contributed by atoms with Crippen molar-refractivity contribution in [3.05, 3.63) is 53.9 Å². The van der Waals surface area contributed by atoms with Gasteiger partial charge in [0.1, 0.15) is 11.6 Å². The molecule has 1 aliphatic heterocycles. The Morgan fingerprint density at radius 2 is 1.76 bits per heavy atom. The number of carbonyl (C=O) groups is 2. The number of hydrogen-bond donors (Lipinski definition) is 1. The van der Waals surface area contributed by atoms with Gasteiger partial charge in [0.05, 0.1) is 17.6 Å². The Morgan fingerprint density at radius 1 is 1.06 bits per heavy atom. The Morgan fingerprint density at radius 3 is 2.44 bits per heavy atom. The summed E-state index contributed by atoms with van der Waals surface area (Å²) in [7, 11) is 2.01. The SMILES string of the molecule is Cc1ccc(OCC(=O)Nc2ccc3c(c2)nc(CN2CCN(C(=O)C(C)C)CC2)n3C)cc1. The Kier molecular flexibility index (Phi) is 7.17. The third-order valence-electron chi connectivity index (χ3n) is 6.19. The van der Waals surface area contributed by atoms with E-state index in [0.717, 1.165) is 55.1 Å². The van der Waals surface area contributed by atoms with Crippen molar-refractivity contribution in [2.45, 2.75) is 27.3 Å². The first-order valence-electron chi connectivity index (χ1n) is 11.8. The van der Waals surface area contributed by atoms with Crippen LogP contribution in [0, 0.1) is 12.8 Å². The van der Waals surface area contributed by atoms with Crippen LogP contribution in [-0.4, -0.2) is 64.0 Å². The molecule has 2 aromatic carbocycles. The second-order valence-electron chi connectivity index (χ2n) is 9.20. The number of fused-ring (bicyclic) bond motifs is 1. The second kappa shape index (κ2) is 10.3. The third kappa shape index (κ3) is 5.56. The Labute approximate surface area is 200 Å². The number of hydrogen-bond acceptors (Lipinski definition) is 5. The molecule has 0 saturated carbocycles. The van der Waals surface area contributed by atoms with Crippen molar-refractivity contribution in [1.29, 1.82) is 0 Å². The van der Waals surface area contributed by atoms with Gasteiger partial charge in [-0.05, 0) is 37.3 Å². The topological polar surface area (TPSA) is 79.7 Å². The first-order valence-corrected chi connectivity index (χ1v) is 11.8. The summed E-state index contributed by atoms with van der Waals surface area (Å²) in [6.45, 7) is 9.74. The molecule has 3 aromatic rings. The number of rotatable bonds is 7. The Balaban J connectivity index is 1.35. The maximum Gasteiger partial charge on any atom is 0.262 e. The number of amides is 2. The molecule has 1 saturated heterocycles. The van der Waals surface area contributed by atoms with Crippen LogP contribution < -0.4 is 10.1 Å². The van der Waals surface area contributed by atoms with Crippen molar-refractivity contribution in [3.63, 3.8) is 0 Å². The molecule has 34 heavy (non-hydrogen) atoms. The van der Waals surface area contributed by atoms with E-state index in [0.29, 0.717) is 11.4 Å². The van der Waals surface area contributed by atoms with Crippen LogP contribution in [0.2, 0.25) is 0 Å². The number of benzene rings is 2. The molecular weight excluding hydrogens is 430 g/mol. The van der Waals surface area contributed by atoms with Gasteiger partial charge in [-0.15, -0.1) is 0 Å². The standard InChI is InChI=1S/C26H33N5O3/c1-18(2)26(33)31-13-11-30(12-14-31)16-24-28-22-15-20(7-10-23(22)29(24)4)27-25(32)17-34-21-8-5-19(3)6-9-21/h5-10,15,18H,11-14,16-17H2,1-4H3,(H,27,32). The van der Waals surface area contributed by atoms with Gasteiger partial charge in [0.25, 0.3) is 5.91 Å². The lowest BCUT2D eigenvalue weighted by Crippen LogP contribution is -2.49. The molecule has 2 heterocycles. The van der Waals surface area contributed by atoms with Gasteiger partial charge in [-0.3, -0.25) is 14.5 Å². The molecule has 1 fully saturated rings. The fourth-order valence-corrected chi connectivity index (χ4v) is 4.14. The van der Waals surface area contributed by atoms with E-state index in [-0.39, 0.29) is 24.3 Å². The van der Waals surface area contributed by atoms with Gasteiger partial charge in [0.15, 0.2) is 6.61 Å². The van der Waals surface area contributed by atoms with E-state index in [1.165, 1.54) is 0 Å². The molecule has 8 nitrogen and oxygen atoms in total. The van der Waals surface area contributed by atoms with Crippen LogP contribution in [0.4, 0.5) is 5.69 Å². The predicted octanol–water partition coefficient (Wildman–Crippen LogP) is 3.20. The number of ether oxygens (including phenoxy) is 1. The molecule has 8 heteroatoms. The van der Waals surface area contributed by atoms with Crippen LogP contribution in [0.5, 0.6) is 5.75 Å². The summed E-state index contributed by atoms with van der Waals surface area (Å²) in [4.78, 5) is 33.7. The van der Waals surface area contributed by atoms with Gasteiger partial charge >= 0.3 is 0 Å². The molecule has 0 aliphatic carbocycles. The van der Waals surface area contributed by atoms with E-state index in [2.05, 4.69) is 14.8 Å². The maximum absolute atomic E-state index is 12.3. The Hall–Kier alpha value is -3.39. The maximum atomic E-state index is 12.3. The van der Waals surface area contributed by atoms with Crippen molar-refractivity contribution >= 4 is 28.5 Å². The highest BCUT2D eigenvalue weighted by molar-refractivity contribution is 5.94. The van der Waals surface area contributed by atoms with E-state index in [4.69, 9.17) is 9.72 Å². The average molecular weight is 464 g/mol. The minimum atomic E-state index is -0.218. The van der Waals surface area contributed by atoms with Gasteiger partial charge < -0.3 is 19.5 Å². The number of aryl methyl sites for hydroxylation is 2. The molecular formula is C26H33N5O3. The molecule has 1 aromatic heterocycles. The van der Waals surface area contributed by atoms with E-state index in [9.17, 15) is 9.59 Å². The van der Waals surface area contributed by atoms with Crippen molar-refractivity contribution in [1.82, 2.24) is 19.4 Å². The number of nitrogens with zero attached hydrogens (tertiary/aromatic N) is 4. The minimum absolute atomic E-state index is 0.0373. The van der Waals surface area contributed by atoms with Gasteiger partial charge in [-0.2, -0.15) is 0 Å². The lowest BCUT2D eigenvalue weighted by Gasteiger charge is -2.35. The number of piperazine rings is 1. The molecule has 1 aliphatic rings. The van der Waals surface area contributed by atoms with Gasteiger partial charge in [-0.1, -0.05) is 31.5 Å². The Bertz CT molecular complexity index is 1160. The average Bonchev–Trinajstić information content (AvgIpc) is 3.13. The van der Waals surface area contributed by atoms with Gasteiger partial charge in [-0.25, -0.2) is 4.98 Å². The zero-order valence-electron chi connectivity index (χ0n) is 20.4. The summed E-state index contributed by atoms with van der Waals surface area (Å²) < 4.78 is 7.65. The van der Waals surface area contributed by atoms with E-state index < -0.39 is 0 Å². The van der Waals surface area contributed by atoms with E-state index in [1.54, 1.807) is 0 Å². The van der Waals surface area contributed by atoms with Crippen molar-refractivity contribution in [2.24, 2.45) is 13.0 Å². The monoisotopic (exact) mass is 463 g/mol. The highest BCUT2D eigenvalue weighted by Gasteiger charge is 2.23. The number of imidazole rings is 1. The highest BCUT2D eigenvalue weighted by Crippen LogP contribution is 2.21. The molecule has 0 radical (unpaired) electrons. The summed E-state index contributed by atoms with van der Waals surface area (Å²) in [6, 6.07) is 13.4. The first-order chi connectivity index (χ1) is 16.3. The fraction of sp³-hybridized carbons (Fsp3) is 0.423. The largest absolute Gasteiger partial charge is 0.484 e. The minimum Gasteiger partial charge on any atom is -0.484 e. The highest BCUT2D eigenvalue weighted by atomic mass is 16.5. The number of aromatic nitrogens is 2. The van der Waals surface area contributed by atoms with Crippen LogP contribution in [0.25, 0.3) is 11.0 Å². The van der Waals surface area contributed by atoms with Crippen LogP contribution in [0.15, 0.2) is 42.5 Å². The summed E-state index contributed by atoms with van der Waals surface area (Å²) in [5.74, 6) is 1.67. The lowest BCUT2D eigenvalue weighted by atomic mass is 10.1. The van der Waals surface area contributed by atoms with Crippen LogP contribution >= 0.6 is 0 Å².